The number of carbonyl (C=O) groups is 1. The van der Waals surface area contributed by atoms with Crippen molar-refractivity contribution in [2.24, 2.45) is 46.3 Å². The van der Waals surface area contributed by atoms with Crippen molar-refractivity contribution in [3.05, 3.63) is 0 Å². The summed E-state index contributed by atoms with van der Waals surface area (Å²) < 4.78 is 40.8. The molecule has 0 amide bonds. The van der Waals surface area contributed by atoms with Gasteiger partial charge in [0.15, 0.2) is 0 Å². The SMILES string of the molecule is C[C@H](CC#COC(=O)C(F)(F)F)[C@H]1CC[C@H]2[C@@H]3CCC4CCCC[C@]4(C)[C@H]3CC[C@]12C. The van der Waals surface area contributed by atoms with Crippen LogP contribution in [0.2, 0.25) is 0 Å². The van der Waals surface area contributed by atoms with Crippen molar-refractivity contribution < 1.29 is 22.7 Å². The first-order valence-electron chi connectivity index (χ1n) is 12.3. The summed E-state index contributed by atoms with van der Waals surface area (Å²) in [6.45, 7) is 7.25. The monoisotopic (exact) mass is 438 g/mol. The van der Waals surface area contributed by atoms with Gasteiger partial charge in [-0.25, -0.2) is 4.79 Å². The number of carbonyl (C=O) groups excluding carboxylic acids is 1. The van der Waals surface area contributed by atoms with Gasteiger partial charge in [0.05, 0.1) is 0 Å². The fourth-order valence-corrected chi connectivity index (χ4v) is 8.76. The molecule has 0 spiro atoms. The zero-order chi connectivity index (χ0) is 22.4. The van der Waals surface area contributed by atoms with E-state index in [0.717, 1.165) is 23.7 Å². The predicted octanol–water partition coefficient (Wildman–Crippen LogP) is 7.13. The number of hydrogen-bond donors (Lipinski definition) is 0. The van der Waals surface area contributed by atoms with Crippen LogP contribution in [0.1, 0.15) is 91.4 Å². The minimum atomic E-state index is -4.99. The fourth-order valence-electron chi connectivity index (χ4n) is 8.76. The van der Waals surface area contributed by atoms with Gasteiger partial charge in [0.1, 0.15) is 6.11 Å². The molecule has 0 heterocycles. The van der Waals surface area contributed by atoms with Crippen molar-refractivity contribution in [3.8, 4) is 12.0 Å². The van der Waals surface area contributed by atoms with Gasteiger partial charge in [-0.3, -0.25) is 0 Å². The highest BCUT2D eigenvalue weighted by atomic mass is 19.4. The van der Waals surface area contributed by atoms with Crippen molar-refractivity contribution in [2.75, 3.05) is 0 Å². The van der Waals surface area contributed by atoms with Crippen LogP contribution < -0.4 is 0 Å². The van der Waals surface area contributed by atoms with Crippen molar-refractivity contribution in [2.45, 2.75) is 97.6 Å². The Morgan fingerprint density at radius 2 is 1.74 bits per heavy atom. The standard InChI is InChI=1S/C26H37F3O2/c1-17(7-6-16-31-23(30)26(27,28)29)20-11-12-21-19-10-9-18-8-4-5-14-24(18,2)22(19)13-15-25(20,21)3/h17-22H,4-5,7-15H2,1-3H3/t17-,18?,19+,20-,21+,22+,24+,25-/m1/s1. The summed E-state index contributed by atoms with van der Waals surface area (Å²) in [6.07, 6.45) is 11.0. The first-order chi connectivity index (χ1) is 14.6. The van der Waals surface area contributed by atoms with Gasteiger partial charge in [0, 0.05) is 6.42 Å². The maximum atomic E-state index is 12.2. The molecule has 31 heavy (non-hydrogen) atoms. The van der Waals surface area contributed by atoms with Crippen LogP contribution in [0.25, 0.3) is 0 Å². The first-order valence-corrected chi connectivity index (χ1v) is 12.3. The van der Waals surface area contributed by atoms with Crippen LogP contribution in [0, 0.1) is 58.4 Å². The quantitative estimate of drug-likeness (QED) is 0.339. The molecule has 4 rings (SSSR count). The van der Waals surface area contributed by atoms with Crippen LogP contribution in [-0.4, -0.2) is 12.1 Å². The van der Waals surface area contributed by atoms with Gasteiger partial charge >= 0.3 is 12.1 Å². The molecule has 0 N–H and O–H groups in total. The zero-order valence-corrected chi connectivity index (χ0v) is 19.2. The largest absolute Gasteiger partial charge is 0.492 e. The van der Waals surface area contributed by atoms with Crippen molar-refractivity contribution in [3.63, 3.8) is 0 Å². The molecule has 0 radical (unpaired) electrons. The first kappa shape index (κ1) is 23.0. The Hall–Kier alpha value is -1.18. The van der Waals surface area contributed by atoms with Gasteiger partial charge in [0.25, 0.3) is 0 Å². The molecule has 0 bridgehead atoms. The molecule has 0 aromatic rings. The highest BCUT2D eigenvalue weighted by molar-refractivity contribution is 5.76. The lowest BCUT2D eigenvalue weighted by molar-refractivity contribution is -0.192. The van der Waals surface area contributed by atoms with Crippen LogP contribution in [0.15, 0.2) is 0 Å². The second-order valence-electron chi connectivity index (χ2n) is 11.5. The van der Waals surface area contributed by atoms with Crippen LogP contribution >= 0.6 is 0 Å². The summed E-state index contributed by atoms with van der Waals surface area (Å²) in [5.41, 5.74) is 0.850. The molecule has 0 aromatic carbocycles. The van der Waals surface area contributed by atoms with E-state index in [4.69, 9.17) is 0 Å². The van der Waals surface area contributed by atoms with Crippen LogP contribution in [0.3, 0.4) is 0 Å². The molecule has 0 aromatic heterocycles. The molecule has 4 aliphatic rings. The molecule has 4 fully saturated rings. The number of fused-ring (bicyclic) bond motifs is 5. The van der Waals surface area contributed by atoms with E-state index in [1.165, 1.54) is 64.2 Å². The molecule has 4 saturated carbocycles. The Morgan fingerprint density at radius 1 is 1.00 bits per heavy atom. The molecule has 4 aliphatic carbocycles. The van der Waals surface area contributed by atoms with E-state index in [9.17, 15) is 18.0 Å². The molecule has 5 heteroatoms. The number of ether oxygens (including phenoxy) is 1. The van der Waals surface area contributed by atoms with Crippen LogP contribution in [0.5, 0.6) is 0 Å². The van der Waals surface area contributed by atoms with Crippen molar-refractivity contribution in [1.82, 2.24) is 0 Å². The van der Waals surface area contributed by atoms with Gasteiger partial charge in [-0.1, -0.05) is 39.5 Å². The Kier molecular flexibility index (Phi) is 6.16. The van der Waals surface area contributed by atoms with Gasteiger partial charge in [-0.05, 0) is 97.7 Å². The number of rotatable bonds is 2. The van der Waals surface area contributed by atoms with E-state index in [1.54, 1.807) is 0 Å². The molecule has 1 unspecified atom stereocenters. The van der Waals surface area contributed by atoms with Crippen molar-refractivity contribution >= 4 is 5.97 Å². The van der Waals surface area contributed by atoms with E-state index in [2.05, 4.69) is 31.4 Å². The third kappa shape index (κ3) is 4.02. The van der Waals surface area contributed by atoms with E-state index >= 15 is 0 Å². The lowest BCUT2D eigenvalue weighted by Gasteiger charge is -2.60. The minimum Gasteiger partial charge on any atom is -0.365 e. The summed E-state index contributed by atoms with van der Waals surface area (Å²) in [5.74, 6) is 4.71. The second kappa shape index (κ2) is 8.31. The van der Waals surface area contributed by atoms with Crippen LogP contribution in [-0.2, 0) is 9.53 Å². The Morgan fingerprint density at radius 3 is 2.48 bits per heavy atom. The summed E-state index contributed by atoms with van der Waals surface area (Å²) in [5, 5.41) is 0. The molecule has 0 aliphatic heterocycles. The van der Waals surface area contributed by atoms with Gasteiger partial charge < -0.3 is 4.74 Å². The third-order valence-corrected chi connectivity index (χ3v) is 10.2. The predicted molar refractivity (Wildman–Crippen MR) is 114 cm³/mol. The highest BCUT2D eigenvalue weighted by Crippen LogP contribution is 2.68. The maximum absolute atomic E-state index is 12.2. The number of hydrogen-bond acceptors (Lipinski definition) is 2. The lowest BCUT2D eigenvalue weighted by atomic mass is 9.44. The summed E-state index contributed by atoms with van der Waals surface area (Å²) in [6, 6.07) is 0. The summed E-state index contributed by atoms with van der Waals surface area (Å²) in [4.78, 5) is 10.8. The molecular weight excluding hydrogens is 401 g/mol. The van der Waals surface area contributed by atoms with Gasteiger partial charge in [0.2, 0.25) is 0 Å². The second-order valence-corrected chi connectivity index (χ2v) is 11.5. The fraction of sp³-hybridized carbons (Fsp3) is 0.885. The number of halogens is 3. The summed E-state index contributed by atoms with van der Waals surface area (Å²) in [7, 11) is 0. The summed E-state index contributed by atoms with van der Waals surface area (Å²) >= 11 is 0. The van der Waals surface area contributed by atoms with Crippen LogP contribution in [0.4, 0.5) is 13.2 Å². The van der Waals surface area contributed by atoms with E-state index in [-0.39, 0.29) is 0 Å². The third-order valence-electron chi connectivity index (χ3n) is 10.2. The molecule has 174 valence electrons. The maximum Gasteiger partial charge on any atom is 0.492 e. The number of alkyl halides is 3. The Bertz CT molecular complexity index is 750. The molecule has 2 nitrogen and oxygen atoms in total. The average molecular weight is 439 g/mol. The number of esters is 1. The molecular formula is C26H37F3O2. The minimum absolute atomic E-state index is 0.297. The normalized spacial score (nSPS) is 43.0. The zero-order valence-electron chi connectivity index (χ0n) is 19.2. The topological polar surface area (TPSA) is 26.3 Å². The Balaban J connectivity index is 1.41. The highest BCUT2D eigenvalue weighted by Gasteiger charge is 2.60. The van der Waals surface area contributed by atoms with E-state index in [1.807, 2.05) is 6.11 Å². The van der Waals surface area contributed by atoms with Crippen molar-refractivity contribution in [1.29, 1.82) is 0 Å². The average Bonchev–Trinajstić information content (AvgIpc) is 3.07. The Labute approximate surface area is 185 Å². The lowest BCUT2D eigenvalue weighted by Crippen LogP contribution is -2.53. The molecule has 0 saturated heterocycles. The van der Waals surface area contributed by atoms with E-state index < -0.39 is 12.1 Å². The van der Waals surface area contributed by atoms with E-state index in [0.29, 0.717) is 29.1 Å². The smallest absolute Gasteiger partial charge is 0.365 e. The molecule has 8 atom stereocenters. The van der Waals surface area contributed by atoms with Gasteiger partial charge in [-0.15, -0.1) is 0 Å². The van der Waals surface area contributed by atoms with Gasteiger partial charge in [-0.2, -0.15) is 13.2 Å².